The third-order valence-corrected chi connectivity index (χ3v) is 13.0. The zero-order chi connectivity index (χ0) is 57.8. The van der Waals surface area contributed by atoms with Gasteiger partial charge in [0.05, 0.1) is 39.1 Å². The van der Waals surface area contributed by atoms with Gasteiger partial charge in [-0.15, -0.1) is 0 Å². The first kappa shape index (κ1) is 35.2. The second-order valence-electron chi connectivity index (χ2n) is 20.6. The van der Waals surface area contributed by atoms with E-state index in [2.05, 4.69) is 55.7 Å². The normalized spacial score (nSPS) is 15.1. The second kappa shape index (κ2) is 18.1. The summed E-state index contributed by atoms with van der Waals surface area (Å²) in [4.78, 5) is 8.75. The van der Waals surface area contributed by atoms with Crippen LogP contribution in [0.25, 0.3) is 61.0 Å². The molecule has 352 valence electrons. The number of nitrogens with zero attached hydrogens (tertiary/aromatic N) is 4. The molecule has 0 unspecified atom stereocenters. The molecule has 1 aliphatic rings. The summed E-state index contributed by atoms with van der Waals surface area (Å²) in [5.74, 6) is 1.21. The molecule has 3 heterocycles. The Labute approximate surface area is 433 Å². The fourth-order valence-electron chi connectivity index (χ4n) is 9.43. The quantitative estimate of drug-likeness (QED) is 0.137. The summed E-state index contributed by atoms with van der Waals surface area (Å²) in [7, 11) is 0. The highest BCUT2D eigenvalue weighted by molar-refractivity contribution is 6.09. The molecule has 0 radical (unpaired) electrons. The molecule has 1 aliphatic heterocycles. The molecule has 0 amide bonds. The minimum absolute atomic E-state index is 0.00778. The standard InChI is InChI=1S/C66H62N4O/c1-44(2)36-45-37-49(39-51(38-45)66(6,7)8)56-24-17-23-55(48-30-28-47(29-31-48)46-18-10-9-11-19-46)64(56)69-43-68(60-26-14-15-27-61(60)69)52-20-16-21-53(41-52)71-54-32-33-58-57-22-12-13-25-59(57)70(62(58)42-54)63-40-50(34-35-67-63)65(3,4)5/h9-35,37-42,44H,36,43H2,1-8H3/i17D,23D,24D,30D,31D,36D2,37D,38D,39D. The zero-order valence-electron chi connectivity index (χ0n) is 51.4. The number of rotatable bonds is 10. The Morgan fingerprint density at radius 1 is 0.577 bits per heavy atom. The molecule has 11 rings (SSSR count). The van der Waals surface area contributed by atoms with Crippen LogP contribution in [0.2, 0.25) is 0 Å². The molecule has 5 heteroatoms. The highest BCUT2D eigenvalue weighted by Gasteiger charge is 2.32. The predicted molar refractivity (Wildman–Crippen MR) is 299 cm³/mol. The molecule has 0 fully saturated rings. The van der Waals surface area contributed by atoms with Crippen LogP contribution < -0.4 is 14.5 Å². The maximum atomic E-state index is 10.0. The van der Waals surface area contributed by atoms with E-state index in [0.717, 1.165) is 38.8 Å². The average Bonchev–Trinajstić information content (AvgIpc) is 3.88. The number of hydrogen-bond donors (Lipinski definition) is 0. The number of para-hydroxylation sites is 4. The van der Waals surface area contributed by atoms with Crippen molar-refractivity contribution in [2.24, 2.45) is 5.92 Å². The highest BCUT2D eigenvalue weighted by Crippen LogP contribution is 2.51. The van der Waals surface area contributed by atoms with Gasteiger partial charge in [-0.25, -0.2) is 4.98 Å². The number of benzene rings is 8. The Balaban J connectivity index is 1.10. The summed E-state index contributed by atoms with van der Waals surface area (Å²) in [5.41, 5.74) is 5.14. The lowest BCUT2D eigenvalue weighted by Crippen LogP contribution is -2.25. The maximum Gasteiger partial charge on any atom is 0.137 e. The van der Waals surface area contributed by atoms with Crippen molar-refractivity contribution in [3.63, 3.8) is 0 Å². The van der Waals surface area contributed by atoms with Crippen LogP contribution >= 0.6 is 0 Å². The number of ether oxygens (including phenoxy) is 1. The predicted octanol–water partition coefficient (Wildman–Crippen LogP) is 18.0. The topological polar surface area (TPSA) is 33.5 Å². The lowest BCUT2D eigenvalue weighted by atomic mass is 9.82. The van der Waals surface area contributed by atoms with E-state index in [9.17, 15) is 13.7 Å². The van der Waals surface area contributed by atoms with Gasteiger partial charge >= 0.3 is 0 Å². The van der Waals surface area contributed by atoms with Gasteiger partial charge in [0.25, 0.3) is 0 Å². The molecule has 0 saturated carbocycles. The summed E-state index contributed by atoms with van der Waals surface area (Å²) in [6, 6.07) is 43.6. The fourth-order valence-corrected chi connectivity index (χ4v) is 9.43. The lowest BCUT2D eigenvalue weighted by Gasteiger charge is -2.28. The molecule has 0 spiro atoms. The molecule has 0 atom stereocenters. The van der Waals surface area contributed by atoms with Gasteiger partial charge < -0.3 is 14.5 Å². The van der Waals surface area contributed by atoms with E-state index in [1.165, 1.54) is 0 Å². The Morgan fingerprint density at radius 3 is 1.99 bits per heavy atom. The van der Waals surface area contributed by atoms with Gasteiger partial charge in [0.1, 0.15) is 24.0 Å². The molecule has 0 saturated heterocycles. The Hall–Kier alpha value is -7.89. The van der Waals surface area contributed by atoms with Crippen LogP contribution in [0.15, 0.2) is 200 Å². The van der Waals surface area contributed by atoms with E-state index in [1.54, 1.807) is 26.0 Å². The number of hydrogen-bond acceptors (Lipinski definition) is 4. The van der Waals surface area contributed by atoms with Crippen molar-refractivity contribution in [3.8, 4) is 50.7 Å². The van der Waals surface area contributed by atoms with Crippen LogP contribution in [0.1, 0.15) is 85.8 Å². The van der Waals surface area contributed by atoms with Gasteiger partial charge in [-0.2, -0.15) is 0 Å². The van der Waals surface area contributed by atoms with E-state index < -0.39 is 41.9 Å². The van der Waals surface area contributed by atoms with Gasteiger partial charge in [0.15, 0.2) is 0 Å². The Morgan fingerprint density at radius 2 is 1.24 bits per heavy atom. The van der Waals surface area contributed by atoms with E-state index in [1.807, 2.05) is 140 Å². The summed E-state index contributed by atoms with van der Waals surface area (Å²) in [5, 5.41) is 2.13. The molecule has 0 N–H and O–H groups in total. The number of aromatic nitrogens is 2. The Bertz CT molecular complexity index is 4140. The third-order valence-electron chi connectivity index (χ3n) is 13.0. The maximum absolute atomic E-state index is 10.0. The van der Waals surface area contributed by atoms with Crippen LogP contribution in [0.4, 0.5) is 22.7 Å². The first-order valence-electron chi connectivity index (χ1n) is 29.3. The van der Waals surface area contributed by atoms with Crippen molar-refractivity contribution in [2.75, 3.05) is 16.5 Å². The van der Waals surface area contributed by atoms with Crippen LogP contribution in [0.3, 0.4) is 0 Å². The van der Waals surface area contributed by atoms with Crippen molar-refractivity contribution in [1.82, 2.24) is 9.55 Å². The van der Waals surface area contributed by atoms with Gasteiger partial charge in [-0.3, -0.25) is 4.57 Å². The number of pyridine rings is 1. The zero-order valence-corrected chi connectivity index (χ0v) is 41.4. The van der Waals surface area contributed by atoms with E-state index in [-0.39, 0.29) is 75.3 Å². The van der Waals surface area contributed by atoms with E-state index in [0.29, 0.717) is 34.1 Å². The highest BCUT2D eigenvalue weighted by atomic mass is 16.5. The summed E-state index contributed by atoms with van der Waals surface area (Å²) >= 11 is 0. The minimum Gasteiger partial charge on any atom is -0.457 e. The smallest absolute Gasteiger partial charge is 0.137 e. The molecule has 0 aliphatic carbocycles. The first-order chi connectivity index (χ1) is 38.4. The van der Waals surface area contributed by atoms with Crippen LogP contribution in [-0.4, -0.2) is 16.2 Å². The largest absolute Gasteiger partial charge is 0.457 e. The Kier molecular flexibility index (Phi) is 9.00. The van der Waals surface area contributed by atoms with Gasteiger partial charge in [-0.05, 0) is 117 Å². The first-order valence-corrected chi connectivity index (χ1v) is 24.3. The van der Waals surface area contributed by atoms with E-state index in [4.69, 9.17) is 9.72 Å². The molecule has 10 aromatic rings. The van der Waals surface area contributed by atoms with Crippen LogP contribution in [-0.2, 0) is 17.2 Å². The molecule has 2 aromatic heterocycles. The van der Waals surface area contributed by atoms with Crippen molar-refractivity contribution >= 4 is 44.6 Å². The molecular weight excluding hydrogens is 865 g/mol. The van der Waals surface area contributed by atoms with Crippen LogP contribution in [0, 0.1) is 5.92 Å². The van der Waals surface area contributed by atoms with Crippen molar-refractivity contribution in [2.45, 2.75) is 72.6 Å². The van der Waals surface area contributed by atoms with Crippen LogP contribution in [0.5, 0.6) is 11.5 Å². The molecule has 0 bridgehead atoms. The fraction of sp³-hybridized carbons (Fsp3) is 0.197. The SMILES string of the molecule is [2H]c1cc(-c2ccccc2)cc([2H])c1-c1c([2H])c([2H])c([2H])c(-c2c([2H])c(C(C)(C)C)c([2H])c(C([2H])([2H])C(C)C)c2[2H])c1N1CN(c2cccc(Oc3ccc4c5ccccc5n(-c5cc(C(C)(C)C)ccn5)c4c3)c2)c2ccccc21. The summed E-state index contributed by atoms with van der Waals surface area (Å²) < 4.78 is 106. The summed E-state index contributed by atoms with van der Waals surface area (Å²) in [6.45, 7) is 15.4. The third kappa shape index (κ3) is 8.86. The average molecular weight is 937 g/mol. The molecule has 71 heavy (non-hydrogen) atoms. The van der Waals surface area contributed by atoms with E-state index >= 15 is 0 Å². The molecule has 5 nitrogen and oxygen atoms in total. The second-order valence-corrected chi connectivity index (χ2v) is 20.6. The number of anilines is 4. The minimum atomic E-state index is -2.25. The number of fused-ring (bicyclic) bond motifs is 4. The van der Waals surface area contributed by atoms with Crippen molar-refractivity contribution in [3.05, 3.63) is 217 Å². The van der Waals surface area contributed by atoms with Gasteiger partial charge in [0.2, 0.25) is 0 Å². The summed E-state index contributed by atoms with van der Waals surface area (Å²) in [6.07, 6.45) is -0.394. The van der Waals surface area contributed by atoms with Crippen molar-refractivity contribution < 1.29 is 18.4 Å². The molecule has 8 aromatic carbocycles. The molecular formula is C66H62N4O. The monoisotopic (exact) mass is 937 g/mol. The van der Waals surface area contributed by atoms with Gasteiger partial charge in [-0.1, -0.05) is 183 Å². The van der Waals surface area contributed by atoms with Gasteiger partial charge in [0, 0.05) is 48.7 Å². The lowest BCUT2D eigenvalue weighted by molar-refractivity contribution is 0.483. The van der Waals surface area contributed by atoms with Crippen molar-refractivity contribution in [1.29, 1.82) is 0 Å².